The number of rotatable bonds is 3. The van der Waals surface area contributed by atoms with Gasteiger partial charge in [0.2, 0.25) is 0 Å². The van der Waals surface area contributed by atoms with E-state index in [0.717, 1.165) is 5.75 Å². The molecule has 1 aromatic rings. The van der Waals surface area contributed by atoms with Gasteiger partial charge in [-0.2, -0.15) is 11.8 Å². The van der Waals surface area contributed by atoms with Gasteiger partial charge >= 0.3 is 0 Å². The molecule has 0 atom stereocenters. The summed E-state index contributed by atoms with van der Waals surface area (Å²) in [6, 6.07) is 10.3. The van der Waals surface area contributed by atoms with Crippen molar-refractivity contribution in [2.75, 3.05) is 5.75 Å². The molecule has 0 nitrogen and oxygen atoms in total. The molecule has 0 N–H and O–H groups in total. The molecular weight excluding hydrogens is 140 g/mol. The highest BCUT2D eigenvalue weighted by molar-refractivity contribution is 7.98. The second kappa shape index (κ2) is 4.40. The Morgan fingerprint density at radius 1 is 1.20 bits per heavy atom. The third-order valence-electron chi connectivity index (χ3n) is 1.23. The summed E-state index contributed by atoms with van der Waals surface area (Å²) >= 11 is 1.74. The number of benzene rings is 1. The van der Waals surface area contributed by atoms with E-state index in [0.29, 0.717) is 5.75 Å². The van der Waals surface area contributed by atoms with Crippen molar-refractivity contribution >= 4 is 11.8 Å². The molecule has 10 heavy (non-hydrogen) atoms. The predicted molar refractivity (Wildman–Crippen MR) is 46.9 cm³/mol. The summed E-state index contributed by atoms with van der Waals surface area (Å²) in [6.07, 6.45) is 0. The number of hydrogen-bond acceptors (Lipinski definition) is 1. The number of thioether (sulfide) groups is 1. The Labute approximate surface area is 66.6 Å². The Balaban J connectivity index is 2.43. The summed E-state index contributed by atoms with van der Waals surface area (Å²) < 4.78 is 0. The lowest BCUT2D eigenvalue weighted by molar-refractivity contribution is 1.41. The van der Waals surface area contributed by atoms with E-state index in [9.17, 15) is 0 Å². The van der Waals surface area contributed by atoms with Crippen LogP contribution in [0, 0.1) is 6.92 Å². The minimum Gasteiger partial charge on any atom is -0.157 e. The van der Waals surface area contributed by atoms with Crippen LogP contribution >= 0.6 is 11.8 Å². The first-order valence-electron chi connectivity index (χ1n) is 3.25. The van der Waals surface area contributed by atoms with Crippen LogP contribution in [0.1, 0.15) is 5.56 Å². The fourth-order valence-corrected chi connectivity index (χ4v) is 1.30. The molecular formula is C9H10S. The molecule has 0 fully saturated rings. The average Bonchev–Trinajstić information content (AvgIpc) is 2.03. The van der Waals surface area contributed by atoms with Crippen LogP contribution in [0.2, 0.25) is 0 Å². The molecule has 0 amide bonds. The summed E-state index contributed by atoms with van der Waals surface area (Å²) in [5, 5.41) is 0. The highest BCUT2D eigenvalue weighted by Gasteiger charge is 1.87. The van der Waals surface area contributed by atoms with Crippen molar-refractivity contribution in [2.24, 2.45) is 0 Å². The van der Waals surface area contributed by atoms with Crippen LogP contribution in [0.5, 0.6) is 0 Å². The SMILES string of the molecule is [CH]CSCc1ccccc1. The Kier molecular flexibility index (Phi) is 3.37. The van der Waals surface area contributed by atoms with Crippen molar-refractivity contribution in [1.82, 2.24) is 0 Å². The molecule has 0 aliphatic heterocycles. The summed E-state index contributed by atoms with van der Waals surface area (Å²) in [7, 11) is 0. The second-order valence-corrected chi connectivity index (χ2v) is 3.03. The zero-order valence-electron chi connectivity index (χ0n) is 5.79. The Morgan fingerprint density at radius 3 is 2.50 bits per heavy atom. The largest absolute Gasteiger partial charge is 0.157 e. The molecule has 0 heterocycles. The average molecular weight is 150 g/mol. The molecule has 52 valence electrons. The van der Waals surface area contributed by atoms with E-state index >= 15 is 0 Å². The highest BCUT2D eigenvalue weighted by Crippen LogP contribution is 2.09. The predicted octanol–water partition coefficient (Wildman–Crippen LogP) is 2.63. The van der Waals surface area contributed by atoms with Crippen LogP contribution in [-0.4, -0.2) is 5.75 Å². The van der Waals surface area contributed by atoms with E-state index < -0.39 is 0 Å². The van der Waals surface area contributed by atoms with Crippen LogP contribution in [0.4, 0.5) is 0 Å². The molecule has 0 saturated carbocycles. The zero-order chi connectivity index (χ0) is 7.23. The van der Waals surface area contributed by atoms with E-state index in [2.05, 4.69) is 12.1 Å². The first kappa shape index (κ1) is 7.67. The Morgan fingerprint density at radius 2 is 1.90 bits per heavy atom. The van der Waals surface area contributed by atoms with Gasteiger partial charge in [0.05, 0.1) is 0 Å². The molecule has 0 bridgehead atoms. The maximum atomic E-state index is 5.34. The minimum atomic E-state index is 0.703. The molecule has 0 aromatic heterocycles. The van der Waals surface area contributed by atoms with Crippen LogP contribution in [0.15, 0.2) is 30.3 Å². The molecule has 0 aliphatic carbocycles. The molecule has 2 radical (unpaired) electrons. The van der Waals surface area contributed by atoms with Crippen LogP contribution in [-0.2, 0) is 5.75 Å². The molecule has 1 heteroatoms. The lowest BCUT2D eigenvalue weighted by Gasteiger charge is -1.96. The van der Waals surface area contributed by atoms with Gasteiger partial charge in [0.15, 0.2) is 0 Å². The first-order valence-corrected chi connectivity index (χ1v) is 4.40. The maximum absolute atomic E-state index is 5.34. The topological polar surface area (TPSA) is 0 Å². The van der Waals surface area contributed by atoms with Crippen molar-refractivity contribution in [2.45, 2.75) is 5.75 Å². The third kappa shape index (κ3) is 2.44. The van der Waals surface area contributed by atoms with Gasteiger partial charge in [0.25, 0.3) is 0 Å². The van der Waals surface area contributed by atoms with Crippen LogP contribution < -0.4 is 0 Å². The molecule has 1 aromatic carbocycles. The first-order chi connectivity index (χ1) is 4.93. The molecule has 0 aliphatic rings. The lowest BCUT2D eigenvalue weighted by atomic mass is 10.2. The molecule has 0 spiro atoms. The van der Waals surface area contributed by atoms with Gasteiger partial charge in [0, 0.05) is 5.75 Å². The summed E-state index contributed by atoms with van der Waals surface area (Å²) in [5.74, 6) is 1.73. The van der Waals surface area contributed by atoms with E-state index in [4.69, 9.17) is 6.92 Å². The standard InChI is InChI=1S/C9H10S/c1-2-10-8-9-6-4-3-5-7-9/h1,3-7H,2,8H2. The summed E-state index contributed by atoms with van der Waals surface area (Å²) in [4.78, 5) is 0. The summed E-state index contributed by atoms with van der Waals surface area (Å²) in [6.45, 7) is 5.34. The van der Waals surface area contributed by atoms with Crippen molar-refractivity contribution in [1.29, 1.82) is 0 Å². The van der Waals surface area contributed by atoms with Gasteiger partial charge in [0.1, 0.15) is 0 Å². The second-order valence-electron chi connectivity index (χ2n) is 2.00. The number of hydrogen-bond donors (Lipinski definition) is 0. The highest BCUT2D eigenvalue weighted by atomic mass is 32.2. The van der Waals surface area contributed by atoms with E-state index in [-0.39, 0.29) is 0 Å². The monoisotopic (exact) mass is 150 g/mol. The van der Waals surface area contributed by atoms with Crippen molar-refractivity contribution in [3.05, 3.63) is 42.8 Å². The fourth-order valence-electron chi connectivity index (χ4n) is 0.751. The zero-order valence-corrected chi connectivity index (χ0v) is 6.60. The smallest absolute Gasteiger partial charge is 0.0184 e. The van der Waals surface area contributed by atoms with Gasteiger partial charge in [-0.25, -0.2) is 0 Å². The molecule has 0 unspecified atom stereocenters. The van der Waals surface area contributed by atoms with E-state index in [1.807, 2.05) is 18.2 Å². The lowest BCUT2D eigenvalue weighted by Crippen LogP contribution is -1.78. The van der Waals surface area contributed by atoms with E-state index in [1.165, 1.54) is 5.56 Å². The normalized spacial score (nSPS) is 9.70. The van der Waals surface area contributed by atoms with Gasteiger partial charge < -0.3 is 0 Å². The third-order valence-corrected chi connectivity index (χ3v) is 2.00. The van der Waals surface area contributed by atoms with Gasteiger partial charge in [-0.15, -0.1) is 0 Å². The molecule has 1 rings (SSSR count). The van der Waals surface area contributed by atoms with Crippen molar-refractivity contribution in [3.63, 3.8) is 0 Å². The maximum Gasteiger partial charge on any atom is 0.0184 e. The van der Waals surface area contributed by atoms with E-state index in [1.54, 1.807) is 11.8 Å². The quantitative estimate of drug-likeness (QED) is 0.638. The minimum absolute atomic E-state index is 0.703. The van der Waals surface area contributed by atoms with Gasteiger partial charge in [-0.1, -0.05) is 30.3 Å². The van der Waals surface area contributed by atoms with Crippen molar-refractivity contribution < 1.29 is 0 Å². The van der Waals surface area contributed by atoms with Gasteiger partial charge in [-0.05, 0) is 18.2 Å². The van der Waals surface area contributed by atoms with Crippen molar-refractivity contribution in [3.8, 4) is 0 Å². The molecule has 0 saturated heterocycles. The van der Waals surface area contributed by atoms with Crippen LogP contribution in [0.3, 0.4) is 0 Å². The summed E-state index contributed by atoms with van der Waals surface area (Å²) in [5.41, 5.74) is 1.35. The Bertz CT molecular complexity index is 169. The van der Waals surface area contributed by atoms with Crippen LogP contribution in [0.25, 0.3) is 0 Å². The fraction of sp³-hybridized carbons (Fsp3) is 0.222. The van der Waals surface area contributed by atoms with Gasteiger partial charge in [-0.3, -0.25) is 0 Å². The Hall–Kier alpha value is -0.430.